The molecule has 4 rings (SSSR count). The zero-order valence-electron chi connectivity index (χ0n) is 18.7. The molecule has 2 N–H and O–H groups in total. The van der Waals surface area contributed by atoms with Crippen molar-refractivity contribution in [3.05, 3.63) is 82.6 Å². The van der Waals surface area contributed by atoms with Crippen LogP contribution in [0.2, 0.25) is 5.02 Å². The Morgan fingerprint density at radius 3 is 2.68 bits per heavy atom. The van der Waals surface area contributed by atoms with E-state index >= 15 is 0 Å². The number of fused-ring (bicyclic) bond motifs is 1. The van der Waals surface area contributed by atoms with Gasteiger partial charge in [-0.3, -0.25) is 0 Å². The number of hydrogen-bond acceptors (Lipinski definition) is 6. The molecule has 0 aliphatic heterocycles. The molecule has 0 saturated heterocycles. The Labute approximate surface area is 208 Å². The Morgan fingerprint density at radius 2 is 1.91 bits per heavy atom. The van der Waals surface area contributed by atoms with Gasteiger partial charge in [-0.1, -0.05) is 35.9 Å². The van der Waals surface area contributed by atoms with Gasteiger partial charge < -0.3 is 24.5 Å². The van der Waals surface area contributed by atoms with Crippen LogP contribution in [0.1, 0.15) is 17.5 Å². The summed E-state index contributed by atoms with van der Waals surface area (Å²) in [5, 5.41) is 0.603. The normalized spacial score (nSPS) is 10.7. The summed E-state index contributed by atoms with van der Waals surface area (Å²) in [4.78, 5) is 6.62. The average Bonchev–Trinajstić information content (AvgIpc) is 3.24. The maximum absolute atomic E-state index is 13.9. The van der Waals surface area contributed by atoms with Crippen molar-refractivity contribution < 1.29 is 18.3 Å². The second-order valence-corrected chi connectivity index (χ2v) is 7.97. The highest BCUT2D eigenvalue weighted by atomic mass is 35.5. The van der Waals surface area contributed by atoms with E-state index in [0.29, 0.717) is 58.8 Å². The molecule has 0 aliphatic carbocycles. The van der Waals surface area contributed by atoms with E-state index in [1.165, 1.54) is 6.07 Å². The minimum absolute atomic E-state index is 0. The molecule has 34 heavy (non-hydrogen) atoms. The lowest BCUT2D eigenvalue weighted by molar-refractivity contribution is 0.279. The molecule has 0 saturated carbocycles. The smallest absolute Gasteiger partial charge is 0.298 e. The fourth-order valence-electron chi connectivity index (χ4n) is 3.47. The predicted molar refractivity (Wildman–Crippen MR) is 135 cm³/mol. The molecule has 180 valence electrons. The second kappa shape index (κ2) is 11.9. The number of anilines is 1. The van der Waals surface area contributed by atoms with Gasteiger partial charge in [0.25, 0.3) is 6.01 Å². The van der Waals surface area contributed by atoms with Gasteiger partial charge in [0.15, 0.2) is 17.1 Å². The number of methoxy groups -OCH3 is 1. The Morgan fingerprint density at radius 1 is 1.09 bits per heavy atom. The first kappa shape index (κ1) is 25.6. The standard InChI is InChI=1S/C25H25ClFN3O3.ClH/c1-31-24-13-17(7-9-23(24)32-16-18-5-2-3-6-20(18)27)15-30(12-4-11-28)25-29-21-14-19(26)8-10-22(21)33-25;/h2-3,5-10,13-14H,4,11-12,15-16,28H2,1H3;1H. The summed E-state index contributed by atoms with van der Waals surface area (Å²) in [6, 6.07) is 18.0. The van der Waals surface area contributed by atoms with Crippen LogP contribution < -0.4 is 20.1 Å². The van der Waals surface area contributed by atoms with Crippen LogP contribution in [0, 0.1) is 5.82 Å². The molecular weight excluding hydrogens is 480 g/mol. The summed E-state index contributed by atoms with van der Waals surface area (Å²) >= 11 is 6.08. The monoisotopic (exact) mass is 505 g/mol. The van der Waals surface area contributed by atoms with Crippen molar-refractivity contribution in [2.24, 2.45) is 5.73 Å². The zero-order chi connectivity index (χ0) is 23.2. The third-order valence-electron chi connectivity index (χ3n) is 5.18. The SMILES string of the molecule is COc1cc(CN(CCCN)c2nc3cc(Cl)ccc3o2)ccc1OCc1ccccc1F.Cl. The number of aromatic nitrogens is 1. The van der Waals surface area contributed by atoms with Crippen LogP contribution in [-0.2, 0) is 13.2 Å². The number of oxazole rings is 1. The highest BCUT2D eigenvalue weighted by Gasteiger charge is 2.16. The number of hydrogen-bond donors (Lipinski definition) is 1. The van der Waals surface area contributed by atoms with Crippen molar-refractivity contribution in [2.45, 2.75) is 19.6 Å². The Bertz CT molecular complexity index is 1240. The van der Waals surface area contributed by atoms with E-state index in [4.69, 9.17) is 31.2 Å². The minimum atomic E-state index is -0.303. The molecule has 1 aromatic heterocycles. The van der Waals surface area contributed by atoms with Gasteiger partial charge >= 0.3 is 0 Å². The number of halogens is 3. The number of ether oxygens (including phenoxy) is 2. The van der Waals surface area contributed by atoms with Crippen molar-refractivity contribution in [3.63, 3.8) is 0 Å². The minimum Gasteiger partial charge on any atom is -0.493 e. The zero-order valence-corrected chi connectivity index (χ0v) is 20.2. The lowest BCUT2D eigenvalue weighted by atomic mass is 10.2. The first-order valence-electron chi connectivity index (χ1n) is 10.6. The van der Waals surface area contributed by atoms with E-state index in [9.17, 15) is 4.39 Å². The lowest BCUT2D eigenvalue weighted by Crippen LogP contribution is -2.26. The fraction of sp³-hybridized carbons (Fsp3) is 0.240. The second-order valence-electron chi connectivity index (χ2n) is 7.54. The van der Waals surface area contributed by atoms with E-state index in [2.05, 4.69) is 4.98 Å². The van der Waals surface area contributed by atoms with Crippen LogP contribution in [0.3, 0.4) is 0 Å². The molecule has 0 fully saturated rings. The molecule has 4 aromatic rings. The lowest BCUT2D eigenvalue weighted by Gasteiger charge is -2.21. The molecule has 0 unspecified atom stereocenters. The van der Waals surface area contributed by atoms with Crippen molar-refractivity contribution in [3.8, 4) is 11.5 Å². The molecule has 9 heteroatoms. The maximum Gasteiger partial charge on any atom is 0.298 e. The van der Waals surface area contributed by atoms with E-state index in [1.807, 2.05) is 23.1 Å². The van der Waals surface area contributed by atoms with E-state index < -0.39 is 0 Å². The number of rotatable bonds is 10. The van der Waals surface area contributed by atoms with E-state index in [0.717, 1.165) is 12.0 Å². The van der Waals surface area contributed by atoms with Gasteiger partial charge in [0.05, 0.1) is 7.11 Å². The molecule has 6 nitrogen and oxygen atoms in total. The van der Waals surface area contributed by atoms with Gasteiger partial charge in [-0.2, -0.15) is 4.98 Å². The quantitative estimate of drug-likeness (QED) is 0.285. The van der Waals surface area contributed by atoms with Gasteiger partial charge in [-0.15, -0.1) is 12.4 Å². The first-order valence-corrected chi connectivity index (χ1v) is 11.0. The summed E-state index contributed by atoms with van der Waals surface area (Å²) in [5.74, 6) is 0.796. The third kappa shape index (κ3) is 6.11. The van der Waals surface area contributed by atoms with Crippen LogP contribution >= 0.6 is 24.0 Å². The fourth-order valence-corrected chi connectivity index (χ4v) is 3.64. The van der Waals surface area contributed by atoms with Crippen molar-refractivity contribution in [1.82, 2.24) is 4.98 Å². The van der Waals surface area contributed by atoms with Crippen molar-refractivity contribution in [2.75, 3.05) is 25.1 Å². The summed E-state index contributed by atoms with van der Waals surface area (Å²) in [6.07, 6.45) is 0.778. The van der Waals surface area contributed by atoms with Crippen molar-refractivity contribution >= 4 is 41.1 Å². The van der Waals surface area contributed by atoms with Crippen LogP contribution in [0.25, 0.3) is 11.1 Å². The van der Waals surface area contributed by atoms with E-state index in [-0.39, 0.29) is 24.8 Å². The maximum atomic E-state index is 13.9. The Balaban J connectivity index is 0.00000324. The predicted octanol–water partition coefficient (Wildman–Crippen LogP) is 5.99. The van der Waals surface area contributed by atoms with Gasteiger partial charge in [0.2, 0.25) is 0 Å². The summed E-state index contributed by atoms with van der Waals surface area (Å²) in [7, 11) is 1.58. The van der Waals surface area contributed by atoms with Gasteiger partial charge in [0.1, 0.15) is 17.9 Å². The van der Waals surface area contributed by atoms with Gasteiger partial charge in [-0.25, -0.2) is 4.39 Å². The molecule has 0 bridgehead atoms. The molecule has 0 amide bonds. The summed E-state index contributed by atoms with van der Waals surface area (Å²) < 4.78 is 31.2. The van der Waals surface area contributed by atoms with Crippen molar-refractivity contribution in [1.29, 1.82) is 0 Å². The number of nitrogens with two attached hydrogens (primary N) is 1. The Kier molecular flexibility index (Phi) is 8.98. The largest absolute Gasteiger partial charge is 0.493 e. The van der Waals surface area contributed by atoms with Crippen LogP contribution in [0.5, 0.6) is 11.5 Å². The molecule has 3 aromatic carbocycles. The average molecular weight is 506 g/mol. The molecule has 0 aliphatic rings. The van der Waals surface area contributed by atoms with Gasteiger partial charge in [0, 0.05) is 23.7 Å². The first-order chi connectivity index (χ1) is 16.1. The molecule has 0 atom stereocenters. The highest BCUT2D eigenvalue weighted by Crippen LogP contribution is 2.31. The van der Waals surface area contributed by atoms with Gasteiger partial charge in [-0.05, 0) is 54.9 Å². The third-order valence-corrected chi connectivity index (χ3v) is 5.42. The summed E-state index contributed by atoms with van der Waals surface area (Å²) in [6.45, 7) is 1.86. The highest BCUT2D eigenvalue weighted by molar-refractivity contribution is 6.31. The molecule has 0 radical (unpaired) electrons. The summed E-state index contributed by atoms with van der Waals surface area (Å²) in [5.41, 5.74) is 8.56. The van der Waals surface area contributed by atoms with E-state index in [1.54, 1.807) is 43.5 Å². The molecular formula is C25H26Cl2FN3O3. The molecule has 1 heterocycles. The number of benzene rings is 3. The number of nitrogens with zero attached hydrogens (tertiary/aromatic N) is 2. The van der Waals surface area contributed by atoms with Crippen LogP contribution in [-0.4, -0.2) is 25.2 Å². The van der Waals surface area contributed by atoms with Crippen LogP contribution in [0.15, 0.2) is 65.1 Å². The van der Waals surface area contributed by atoms with Crippen LogP contribution in [0.4, 0.5) is 10.4 Å². The topological polar surface area (TPSA) is 73.8 Å². The Hall–Kier alpha value is -3.00. The molecule has 0 spiro atoms.